The minimum atomic E-state index is -0.133. The maximum atomic E-state index is 2.44. The normalized spacial score (nSPS) is 21.0. The molecule has 1 saturated carbocycles. The van der Waals surface area contributed by atoms with Gasteiger partial charge in [0.05, 0.1) is 0 Å². The van der Waals surface area contributed by atoms with E-state index < -0.39 is 0 Å². The van der Waals surface area contributed by atoms with Crippen LogP contribution in [0.15, 0.2) is 0 Å². The summed E-state index contributed by atoms with van der Waals surface area (Å²) >= 11 is -0.133. The summed E-state index contributed by atoms with van der Waals surface area (Å²) in [7, 11) is 0. The van der Waals surface area contributed by atoms with Crippen LogP contribution in [0.5, 0.6) is 0 Å². The minimum absolute atomic E-state index is 0.133. The highest BCUT2D eigenvalue weighted by Gasteiger charge is 2.27. The lowest BCUT2D eigenvalue weighted by Gasteiger charge is -1.85. The van der Waals surface area contributed by atoms with Gasteiger partial charge in [0, 0.05) is 0 Å². The molecule has 6 heavy (non-hydrogen) atoms. The molecule has 0 nitrogen and oxygen atoms in total. The molecule has 0 aromatic rings. The van der Waals surface area contributed by atoms with Gasteiger partial charge in [-0.3, -0.25) is 0 Å². The average Bonchev–Trinajstić information content (AvgIpc) is 2.06. The van der Waals surface area contributed by atoms with Crippen molar-refractivity contribution in [1.29, 1.82) is 0 Å². The summed E-state index contributed by atoms with van der Waals surface area (Å²) in [5, 5.41) is 0. The molecule has 0 saturated heterocycles. The van der Waals surface area contributed by atoms with Gasteiger partial charge >= 0.3 is 0 Å². The van der Waals surface area contributed by atoms with Crippen LogP contribution in [0, 0.1) is 0 Å². The van der Waals surface area contributed by atoms with E-state index in [0.29, 0.717) is 0 Å². The highest BCUT2D eigenvalue weighted by molar-refractivity contribution is 6.58. The Balaban J connectivity index is 2.13. The van der Waals surface area contributed by atoms with Crippen LogP contribution in [0.2, 0.25) is 16.4 Å². The fourth-order valence-corrected chi connectivity index (χ4v) is 2.29. The van der Waals surface area contributed by atoms with Crippen LogP contribution in [0.1, 0.15) is 12.8 Å². The van der Waals surface area contributed by atoms with Gasteiger partial charge in [0.2, 0.25) is 0 Å². The van der Waals surface area contributed by atoms with Gasteiger partial charge in [-0.25, -0.2) is 0 Å². The molecule has 0 aliphatic heterocycles. The molecule has 0 unspecified atom stereocenters. The van der Waals surface area contributed by atoms with E-state index in [1.54, 1.807) is 12.8 Å². The summed E-state index contributed by atoms with van der Waals surface area (Å²) in [6.45, 7) is 0. The lowest BCUT2D eigenvalue weighted by atomic mass is 11.0. The zero-order valence-corrected chi connectivity index (χ0v) is 5.72. The van der Waals surface area contributed by atoms with E-state index in [2.05, 4.69) is 11.6 Å². The summed E-state index contributed by atoms with van der Waals surface area (Å²) in [6, 6.07) is 0. The van der Waals surface area contributed by atoms with Gasteiger partial charge in [-0.1, -0.05) is 17.6 Å². The van der Waals surface area contributed by atoms with E-state index in [1.807, 2.05) is 0 Å². The first kappa shape index (κ1) is 4.69. The first-order valence-electron chi connectivity index (χ1n) is 2.80. The Hall–Kier alpha value is 0.532. The Morgan fingerprint density at radius 3 is 1.83 bits per heavy atom. The quantitative estimate of drug-likeness (QED) is 0.439. The smallest absolute Gasteiger partial charge is 0.106 e. The van der Waals surface area contributed by atoms with E-state index in [9.17, 15) is 0 Å². The predicted octanol–water partition coefficient (Wildman–Crippen LogP) is 1.90. The monoisotopic (exact) mass is 98.1 g/mol. The van der Waals surface area contributed by atoms with Crippen LogP contribution in [0.25, 0.3) is 0 Å². The molecular weight excluding hydrogens is 87.0 g/mol. The lowest BCUT2D eigenvalue weighted by Crippen LogP contribution is -1.96. The van der Waals surface area contributed by atoms with E-state index in [0.717, 1.165) is 0 Å². The first-order chi connectivity index (χ1) is 2.80. The molecule has 1 heteroatoms. The van der Waals surface area contributed by atoms with Crippen LogP contribution in [-0.2, 0) is 0 Å². The largest absolute Gasteiger partial charge is 0.258 e. The molecule has 0 amide bonds. The highest BCUT2D eigenvalue weighted by Crippen LogP contribution is 2.38. The van der Waals surface area contributed by atoms with Crippen LogP contribution < -0.4 is 0 Å². The van der Waals surface area contributed by atoms with Crippen molar-refractivity contribution in [3.05, 3.63) is 0 Å². The molecule has 0 N–H and O–H groups in total. The number of hydrogen-bond donors (Lipinski definition) is 0. The van der Waals surface area contributed by atoms with Crippen molar-refractivity contribution in [3.8, 4) is 0 Å². The Labute approximate surface area is 43.9 Å². The van der Waals surface area contributed by atoms with Crippen LogP contribution >= 0.6 is 0 Å². The molecule has 0 heterocycles. The second kappa shape index (κ2) is 1.56. The fourth-order valence-electron chi connectivity index (χ4n) is 0.763. The van der Waals surface area contributed by atoms with Crippen LogP contribution in [0.4, 0.5) is 0 Å². The van der Waals surface area contributed by atoms with Crippen molar-refractivity contribution in [2.75, 3.05) is 0 Å². The van der Waals surface area contributed by atoms with Gasteiger partial charge in [-0.2, -0.15) is 0 Å². The third-order valence-corrected chi connectivity index (χ3v) is 4.12. The van der Waals surface area contributed by atoms with E-state index >= 15 is 0 Å². The lowest BCUT2D eigenvalue weighted by molar-refractivity contribution is 1.39. The van der Waals surface area contributed by atoms with Gasteiger partial charge in [0.15, 0.2) is 0 Å². The fraction of sp³-hybridized carbons (Fsp3) is 1.00. The Kier molecular flexibility index (Phi) is 1.22. The van der Waals surface area contributed by atoms with Crippen LogP contribution in [-0.4, -0.2) is 14.1 Å². The molecule has 0 spiro atoms. The SMILES string of the molecule is [CH3][Al]([CH3])[CH]1CC1. The second-order valence-corrected chi connectivity index (χ2v) is 6.01. The van der Waals surface area contributed by atoms with E-state index in [-0.39, 0.29) is 14.1 Å². The zero-order chi connectivity index (χ0) is 4.57. The molecule has 34 valence electrons. The van der Waals surface area contributed by atoms with Crippen molar-refractivity contribution in [1.82, 2.24) is 0 Å². The Morgan fingerprint density at radius 2 is 1.83 bits per heavy atom. The first-order valence-corrected chi connectivity index (χ1v) is 5.78. The van der Waals surface area contributed by atoms with Crippen molar-refractivity contribution in [3.63, 3.8) is 0 Å². The third kappa shape index (κ3) is 0.997. The van der Waals surface area contributed by atoms with Gasteiger partial charge in [0.25, 0.3) is 14.1 Å². The predicted molar refractivity (Wildman–Crippen MR) is 30.5 cm³/mol. The topological polar surface area (TPSA) is 0 Å². The Morgan fingerprint density at radius 1 is 1.33 bits per heavy atom. The van der Waals surface area contributed by atoms with E-state index in [4.69, 9.17) is 0 Å². The number of hydrogen-bond acceptors (Lipinski definition) is 0. The molecule has 0 radical (unpaired) electrons. The summed E-state index contributed by atoms with van der Waals surface area (Å²) in [4.78, 5) is 0. The molecule has 1 fully saturated rings. The average molecular weight is 98.1 g/mol. The Bertz CT molecular complexity index is 45.9. The van der Waals surface area contributed by atoms with Crippen molar-refractivity contribution < 1.29 is 0 Å². The van der Waals surface area contributed by atoms with Gasteiger partial charge in [-0.05, 0) is 0 Å². The van der Waals surface area contributed by atoms with Crippen LogP contribution in [0.3, 0.4) is 0 Å². The summed E-state index contributed by atoms with van der Waals surface area (Å²) < 4.78 is 1.24. The van der Waals surface area contributed by atoms with Gasteiger partial charge in [0.1, 0.15) is 0 Å². The summed E-state index contributed by atoms with van der Waals surface area (Å²) in [5.74, 6) is 4.88. The van der Waals surface area contributed by atoms with Crippen molar-refractivity contribution in [2.24, 2.45) is 0 Å². The molecule has 0 aromatic carbocycles. The molecular formula is C5H11Al. The second-order valence-electron chi connectivity index (χ2n) is 2.58. The van der Waals surface area contributed by atoms with E-state index in [1.165, 1.54) is 4.78 Å². The molecule has 1 aliphatic carbocycles. The summed E-state index contributed by atoms with van der Waals surface area (Å²) in [6.07, 6.45) is 3.12. The molecule has 1 aliphatic rings. The van der Waals surface area contributed by atoms with Crippen molar-refractivity contribution >= 4 is 14.1 Å². The maximum absolute atomic E-state index is 2.44. The number of rotatable bonds is 1. The van der Waals surface area contributed by atoms with Gasteiger partial charge < -0.3 is 0 Å². The third-order valence-electron chi connectivity index (χ3n) is 1.56. The minimum Gasteiger partial charge on any atom is -0.106 e. The highest BCUT2D eigenvalue weighted by atomic mass is 27.2. The van der Waals surface area contributed by atoms with Crippen molar-refractivity contribution in [2.45, 2.75) is 29.2 Å². The van der Waals surface area contributed by atoms with Gasteiger partial charge in [-0.15, -0.1) is 11.6 Å². The zero-order valence-electron chi connectivity index (χ0n) is 4.57. The standard InChI is InChI=1S/C3H5.2CH3.Al/c1-2-3-1;;;/h1H,2-3H2;2*1H3;. The maximum Gasteiger partial charge on any atom is 0.258 e. The molecule has 0 atom stereocenters. The summed E-state index contributed by atoms with van der Waals surface area (Å²) in [5.41, 5.74) is 0. The molecule has 1 rings (SSSR count). The molecule has 0 bridgehead atoms. The molecule has 0 aromatic heterocycles.